The van der Waals surface area contributed by atoms with Crippen LogP contribution < -0.4 is 9.86 Å². The lowest BCUT2D eigenvalue weighted by atomic mass is 9.86. The van der Waals surface area contributed by atoms with Crippen LogP contribution in [0, 0.1) is 0 Å². The summed E-state index contributed by atoms with van der Waals surface area (Å²) >= 11 is 0. The molecule has 0 aromatic heterocycles. The smallest absolute Gasteiger partial charge is 0.274 e. The average molecular weight is 236 g/mol. The van der Waals surface area contributed by atoms with Crippen molar-refractivity contribution in [3.05, 3.63) is 0 Å². The second kappa shape index (κ2) is 4.78. The molecule has 1 unspecified atom stereocenters. The molecule has 5 nitrogen and oxygen atoms in total. The first-order chi connectivity index (χ1) is 6.91. The first-order valence-electron chi connectivity index (χ1n) is 5.35. The maximum Gasteiger partial charge on any atom is 0.274 e. The average Bonchev–Trinajstić information content (AvgIpc) is 2.15. The Hall–Kier alpha value is -0.170. The van der Waals surface area contributed by atoms with Crippen LogP contribution in [0.1, 0.15) is 39.5 Å². The first-order valence-corrected chi connectivity index (χ1v) is 6.89. The summed E-state index contributed by atoms with van der Waals surface area (Å²) in [6.45, 7) is 4.71. The molecule has 0 amide bonds. The van der Waals surface area contributed by atoms with Gasteiger partial charge in [0.25, 0.3) is 10.2 Å². The predicted octanol–water partition coefficient (Wildman–Crippen LogP) is 0.517. The van der Waals surface area contributed by atoms with E-state index in [1.54, 1.807) is 0 Å². The SMILES string of the molecule is CCC1(CC)CC(NS(N)(=O)=O)CCO1. The van der Waals surface area contributed by atoms with Crippen molar-refractivity contribution in [2.75, 3.05) is 6.61 Å². The van der Waals surface area contributed by atoms with Crippen molar-refractivity contribution < 1.29 is 13.2 Å². The van der Waals surface area contributed by atoms with Crippen molar-refractivity contribution in [3.63, 3.8) is 0 Å². The van der Waals surface area contributed by atoms with Crippen LogP contribution >= 0.6 is 0 Å². The summed E-state index contributed by atoms with van der Waals surface area (Å²) in [5, 5.41) is 4.96. The summed E-state index contributed by atoms with van der Waals surface area (Å²) in [5.41, 5.74) is -0.180. The first kappa shape index (κ1) is 12.9. The van der Waals surface area contributed by atoms with Gasteiger partial charge in [0.2, 0.25) is 0 Å². The predicted molar refractivity (Wildman–Crippen MR) is 58.5 cm³/mol. The largest absolute Gasteiger partial charge is 0.375 e. The Labute approximate surface area is 91.6 Å². The molecule has 15 heavy (non-hydrogen) atoms. The monoisotopic (exact) mass is 236 g/mol. The minimum Gasteiger partial charge on any atom is -0.375 e. The Balaban J connectivity index is 2.63. The van der Waals surface area contributed by atoms with Crippen LogP contribution in [0.3, 0.4) is 0 Å². The molecule has 1 saturated heterocycles. The molecule has 6 heteroatoms. The molecule has 0 spiro atoms. The maximum absolute atomic E-state index is 10.9. The van der Waals surface area contributed by atoms with Gasteiger partial charge >= 0.3 is 0 Å². The van der Waals surface area contributed by atoms with Gasteiger partial charge in [-0.2, -0.15) is 13.1 Å². The van der Waals surface area contributed by atoms with Crippen LogP contribution in [0.5, 0.6) is 0 Å². The number of ether oxygens (including phenoxy) is 1. The zero-order chi connectivity index (χ0) is 11.5. The summed E-state index contributed by atoms with van der Waals surface area (Å²) in [4.78, 5) is 0. The Morgan fingerprint density at radius 3 is 2.53 bits per heavy atom. The molecule has 3 N–H and O–H groups in total. The molecule has 0 bridgehead atoms. The molecule has 1 aliphatic heterocycles. The van der Waals surface area contributed by atoms with Gasteiger partial charge in [0.15, 0.2) is 0 Å². The van der Waals surface area contributed by atoms with Crippen LogP contribution in [0.25, 0.3) is 0 Å². The third-order valence-electron chi connectivity index (χ3n) is 3.11. The van der Waals surface area contributed by atoms with Crippen molar-refractivity contribution in [3.8, 4) is 0 Å². The molecule has 0 radical (unpaired) electrons. The lowest BCUT2D eigenvalue weighted by Gasteiger charge is -2.39. The van der Waals surface area contributed by atoms with Crippen LogP contribution in [0.2, 0.25) is 0 Å². The standard InChI is InChI=1S/C9H20N2O3S/c1-3-9(4-2)7-8(5-6-14-9)11-15(10,12)13/h8,11H,3-7H2,1-2H3,(H2,10,12,13). The second-order valence-corrected chi connectivity index (χ2v) is 5.42. The van der Waals surface area contributed by atoms with Gasteiger partial charge in [0, 0.05) is 12.6 Å². The zero-order valence-corrected chi connectivity index (χ0v) is 10.1. The summed E-state index contributed by atoms with van der Waals surface area (Å²) in [6, 6.07) is -0.0892. The highest BCUT2D eigenvalue weighted by molar-refractivity contribution is 7.87. The number of rotatable bonds is 4. The number of nitrogens with one attached hydrogen (secondary N) is 1. The Kier molecular flexibility index (Phi) is 4.11. The van der Waals surface area contributed by atoms with Crippen molar-refractivity contribution in [1.29, 1.82) is 0 Å². The van der Waals surface area contributed by atoms with Crippen LogP contribution in [0.4, 0.5) is 0 Å². The molecule has 90 valence electrons. The molecule has 1 heterocycles. The molecular weight excluding hydrogens is 216 g/mol. The minimum atomic E-state index is -3.60. The molecule has 0 saturated carbocycles. The van der Waals surface area contributed by atoms with Gasteiger partial charge in [-0.1, -0.05) is 13.8 Å². The van der Waals surface area contributed by atoms with E-state index in [0.29, 0.717) is 19.4 Å². The lowest BCUT2D eigenvalue weighted by molar-refractivity contribution is -0.0905. The van der Waals surface area contributed by atoms with Gasteiger partial charge in [-0.15, -0.1) is 0 Å². The molecule has 1 rings (SSSR count). The van der Waals surface area contributed by atoms with Crippen molar-refractivity contribution in [2.45, 2.75) is 51.2 Å². The van der Waals surface area contributed by atoms with E-state index in [9.17, 15) is 8.42 Å². The van der Waals surface area contributed by atoms with E-state index in [1.165, 1.54) is 0 Å². The molecule has 0 aliphatic carbocycles. The van der Waals surface area contributed by atoms with Crippen LogP contribution in [0.15, 0.2) is 0 Å². The molecule has 1 aliphatic rings. The van der Waals surface area contributed by atoms with Crippen molar-refractivity contribution in [2.24, 2.45) is 5.14 Å². The van der Waals surface area contributed by atoms with Gasteiger partial charge < -0.3 is 4.74 Å². The minimum absolute atomic E-state index is 0.0892. The van der Waals surface area contributed by atoms with E-state index < -0.39 is 10.2 Å². The maximum atomic E-state index is 10.9. The zero-order valence-electron chi connectivity index (χ0n) is 9.32. The normalized spacial score (nSPS) is 26.5. The van der Waals surface area contributed by atoms with Crippen LogP contribution in [-0.4, -0.2) is 26.7 Å². The van der Waals surface area contributed by atoms with Gasteiger partial charge in [-0.05, 0) is 25.7 Å². The molecule has 1 atom stereocenters. The molecule has 0 aromatic carbocycles. The summed E-state index contributed by atoms with van der Waals surface area (Å²) in [6.07, 6.45) is 3.19. The third kappa shape index (κ3) is 3.71. The van der Waals surface area contributed by atoms with Gasteiger partial charge in [-0.3, -0.25) is 0 Å². The second-order valence-electron chi connectivity index (χ2n) is 4.09. The van der Waals surface area contributed by atoms with Gasteiger partial charge in [0.1, 0.15) is 0 Å². The Bertz CT molecular complexity index is 298. The number of nitrogens with two attached hydrogens (primary N) is 1. The fourth-order valence-corrected chi connectivity index (χ4v) is 2.77. The summed E-state index contributed by atoms with van der Waals surface area (Å²) in [7, 11) is -3.60. The molecule has 1 fully saturated rings. The fraction of sp³-hybridized carbons (Fsp3) is 1.00. The van der Waals surface area contributed by atoms with E-state index in [-0.39, 0.29) is 11.6 Å². The van der Waals surface area contributed by atoms with Crippen molar-refractivity contribution >= 4 is 10.2 Å². The highest BCUT2D eigenvalue weighted by Crippen LogP contribution is 2.31. The van der Waals surface area contributed by atoms with E-state index in [4.69, 9.17) is 9.88 Å². The quantitative estimate of drug-likeness (QED) is 0.746. The third-order valence-corrected chi connectivity index (χ3v) is 3.77. The summed E-state index contributed by atoms with van der Waals surface area (Å²) < 4.78 is 30.0. The fourth-order valence-electron chi connectivity index (χ4n) is 2.10. The van der Waals surface area contributed by atoms with Crippen LogP contribution in [-0.2, 0) is 14.9 Å². The van der Waals surface area contributed by atoms with Gasteiger partial charge in [0.05, 0.1) is 5.60 Å². The van der Waals surface area contributed by atoms with E-state index in [0.717, 1.165) is 12.8 Å². The highest BCUT2D eigenvalue weighted by atomic mass is 32.2. The Morgan fingerprint density at radius 1 is 1.47 bits per heavy atom. The molecule has 0 aromatic rings. The topological polar surface area (TPSA) is 81.4 Å². The molecular formula is C9H20N2O3S. The van der Waals surface area contributed by atoms with Gasteiger partial charge in [-0.25, -0.2) is 5.14 Å². The van der Waals surface area contributed by atoms with E-state index >= 15 is 0 Å². The van der Waals surface area contributed by atoms with E-state index in [2.05, 4.69) is 18.6 Å². The number of hydrogen-bond donors (Lipinski definition) is 2. The number of hydrogen-bond acceptors (Lipinski definition) is 3. The Morgan fingerprint density at radius 2 is 2.07 bits per heavy atom. The van der Waals surface area contributed by atoms with Crippen molar-refractivity contribution in [1.82, 2.24) is 4.72 Å². The lowest BCUT2D eigenvalue weighted by Crippen LogP contribution is -2.49. The van der Waals surface area contributed by atoms with E-state index in [1.807, 2.05) is 0 Å². The summed E-state index contributed by atoms with van der Waals surface area (Å²) in [5.74, 6) is 0. The highest BCUT2D eigenvalue weighted by Gasteiger charge is 2.35.